The van der Waals surface area contributed by atoms with Crippen molar-refractivity contribution in [1.29, 1.82) is 0 Å². The number of rotatable bonds is 4. The van der Waals surface area contributed by atoms with Crippen molar-refractivity contribution in [1.82, 2.24) is 5.32 Å². The molecule has 0 spiro atoms. The van der Waals surface area contributed by atoms with E-state index < -0.39 is 22.9 Å². The van der Waals surface area contributed by atoms with Crippen LogP contribution < -0.4 is 5.32 Å². The molecule has 2 rings (SSSR count). The third-order valence-corrected chi connectivity index (χ3v) is 4.86. The number of thioether (sulfide) groups is 1. The maximum absolute atomic E-state index is 11.8. The maximum Gasteiger partial charge on any atom is 0.407 e. The van der Waals surface area contributed by atoms with Crippen molar-refractivity contribution in [3.05, 3.63) is 45.7 Å². The van der Waals surface area contributed by atoms with E-state index in [1.807, 2.05) is 13.0 Å². The van der Waals surface area contributed by atoms with Gasteiger partial charge in [0.15, 0.2) is 0 Å². The van der Waals surface area contributed by atoms with Crippen LogP contribution in [0.15, 0.2) is 45.7 Å². The Morgan fingerprint density at radius 3 is 2.58 bits per heavy atom. The minimum Gasteiger partial charge on any atom is -0.480 e. The van der Waals surface area contributed by atoms with Crippen molar-refractivity contribution < 1.29 is 19.4 Å². The van der Waals surface area contributed by atoms with Crippen LogP contribution in [0.4, 0.5) is 4.79 Å². The van der Waals surface area contributed by atoms with Gasteiger partial charge in [0, 0.05) is 17.0 Å². The van der Waals surface area contributed by atoms with Crippen molar-refractivity contribution in [3.63, 3.8) is 0 Å². The van der Waals surface area contributed by atoms with Gasteiger partial charge in [-0.25, -0.2) is 4.79 Å². The normalized spacial score (nSPS) is 22.6. The van der Waals surface area contributed by atoms with Gasteiger partial charge in [-0.15, -0.1) is 11.8 Å². The lowest BCUT2D eigenvalue weighted by Crippen LogP contribution is -2.33. The second-order valence-corrected chi connectivity index (χ2v) is 7.82. The highest BCUT2D eigenvalue weighted by atomic mass is 32.2. The van der Waals surface area contributed by atoms with E-state index in [1.54, 1.807) is 32.9 Å². The Kier molecular flexibility index (Phi) is 5.45. The monoisotopic (exact) mass is 347 g/mol. The van der Waals surface area contributed by atoms with Crippen LogP contribution in [0, 0.1) is 5.92 Å². The molecule has 6 heteroatoms. The molecule has 2 unspecified atom stereocenters. The number of carboxylic acid groups (broad SMARTS) is 1. The van der Waals surface area contributed by atoms with E-state index in [0.717, 1.165) is 16.1 Å². The maximum atomic E-state index is 11.8. The third-order valence-electron chi connectivity index (χ3n) is 3.37. The summed E-state index contributed by atoms with van der Waals surface area (Å²) in [6.07, 6.45) is 4.96. The van der Waals surface area contributed by atoms with Gasteiger partial charge in [0.05, 0.1) is 0 Å². The minimum atomic E-state index is -0.821. The van der Waals surface area contributed by atoms with Crippen molar-refractivity contribution in [3.8, 4) is 0 Å². The molecule has 0 aromatic heterocycles. The number of carbonyl (C=O) groups excluding carboxylic acids is 1. The lowest BCUT2D eigenvalue weighted by Gasteiger charge is -2.20. The van der Waals surface area contributed by atoms with E-state index in [-0.39, 0.29) is 12.5 Å². The van der Waals surface area contributed by atoms with Gasteiger partial charge < -0.3 is 15.2 Å². The van der Waals surface area contributed by atoms with Crippen molar-refractivity contribution in [2.45, 2.75) is 38.5 Å². The fraction of sp³-hybridized carbons (Fsp3) is 0.444. The molecule has 0 saturated heterocycles. The molecule has 5 nitrogen and oxygen atoms in total. The molecule has 2 aliphatic rings. The Morgan fingerprint density at radius 1 is 1.33 bits per heavy atom. The van der Waals surface area contributed by atoms with Crippen LogP contribution in [-0.4, -0.2) is 34.6 Å². The molecule has 1 aliphatic heterocycles. The van der Waals surface area contributed by atoms with Crippen molar-refractivity contribution >= 4 is 23.8 Å². The number of aliphatic carboxylic acids is 1. The largest absolute Gasteiger partial charge is 0.480 e. The van der Waals surface area contributed by atoms with Gasteiger partial charge in [-0.05, 0) is 44.4 Å². The molecule has 1 amide bonds. The summed E-state index contributed by atoms with van der Waals surface area (Å²) in [4.78, 5) is 24.0. The smallest absolute Gasteiger partial charge is 0.407 e. The fourth-order valence-electron chi connectivity index (χ4n) is 2.31. The number of nitrogens with one attached hydrogen (secondary N) is 1. The molecule has 0 saturated carbocycles. The first-order chi connectivity index (χ1) is 11.2. The first-order valence-electron chi connectivity index (χ1n) is 7.66. The minimum absolute atomic E-state index is 0.0571. The molecule has 1 aliphatic carbocycles. The number of hydrogen-bond acceptors (Lipinski definition) is 4. The Balaban J connectivity index is 2.11. The van der Waals surface area contributed by atoms with E-state index in [1.165, 1.54) is 11.8 Å². The molecular weight excluding hydrogens is 326 g/mol. The van der Waals surface area contributed by atoms with Crippen molar-refractivity contribution in [2.24, 2.45) is 5.92 Å². The predicted octanol–water partition coefficient (Wildman–Crippen LogP) is 3.41. The summed E-state index contributed by atoms with van der Waals surface area (Å²) in [7, 11) is 0. The zero-order valence-electron chi connectivity index (χ0n) is 14.2. The molecule has 128 valence electrons. The van der Waals surface area contributed by atoms with Gasteiger partial charge in [-0.1, -0.05) is 24.5 Å². The molecule has 0 fully saturated rings. The Bertz CT molecular complexity index is 714. The first-order valence-corrected chi connectivity index (χ1v) is 8.54. The average Bonchev–Trinajstić information content (AvgIpc) is 2.85. The summed E-state index contributed by atoms with van der Waals surface area (Å²) in [6, 6.07) is 0. The first kappa shape index (κ1) is 18.2. The van der Waals surface area contributed by atoms with E-state index in [4.69, 9.17) is 4.74 Å². The fourth-order valence-corrected chi connectivity index (χ4v) is 3.59. The summed E-state index contributed by atoms with van der Waals surface area (Å²) in [5.41, 5.74) is 6.92. The summed E-state index contributed by atoms with van der Waals surface area (Å²) >= 11 is 1.32. The van der Waals surface area contributed by atoms with Crippen LogP contribution in [-0.2, 0) is 9.53 Å². The molecule has 24 heavy (non-hydrogen) atoms. The number of ether oxygens (including phenoxy) is 1. The zero-order chi connectivity index (χ0) is 17.9. The van der Waals surface area contributed by atoms with E-state index in [9.17, 15) is 14.7 Å². The second-order valence-electron chi connectivity index (χ2n) is 6.64. The Hall–Kier alpha value is -2.13. The topological polar surface area (TPSA) is 75.6 Å². The van der Waals surface area contributed by atoms with Gasteiger partial charge in [0.1, 0.15) is 10.9 Å². The lowest BCUT2D eigenvalue weighted by molar-refractivity contribution is -0.136. The number of hydrogen-bond donors (Lipinski definition) is 2. The molecular formula is C18H21NO4S. The third kappa shape index (κ3) is 4.68. The molecule has 0 bridgehead atoms. The Labute approximate surface area is 145 Å². The SMILES string of the molecule is CC1C=C(C2=C(CNC(=O)OC(C)(C)C)C=C=C=C2)SC1C(=O)O. The lowest BCUT2D eigenvalue weighted by atomic mass is 10.0. The molecule has 2 atom stereocenters. The predicted molar refractivity (Wildman–Crippen MR) is 93.7 cm³/mol. The summed E-state index contributed by atoms with van der Waals surface area (Å²) in [6.45, 7) is 7.57. The number of carbonyl (C=O) groups is 2. The van der Waals surface area contributed by atoms with Gasteiger partial charge >= 0.3 is 12.1 Å². The van der Waals surface area contributed by atoms with Gasteiger partial charge in [0.2, 0.25) is 0 Å². The molecule has 0 aromatic rings. The van der Waals surface area contributed by atoms with Gasteiger partial charge in [-0.3, -0.25) is 4.79 Å². The van der Waals surface area contributed by atoms with Gasteiger partial charge in [-0.2, -0.15) is 0 Å². The highest BCUT2D eigenvalue weighted by Gasteiger charge is 2.32. The summed E-state index contributed by atoms with van der Waals surface area (Å²) in [5.74, 6) is -0.878. The number of amides is 1. The number of allylic oxidation sites excluding steroid dienone is 3. The molecule has 2 N–H and O–H groups in total. The van der Waals surface area contributed by atoms with Crippen molar-refractivity contribution in [2.75, 3.05) is 6.54 Å². The molecule has 0 aromatic carbocycles. The van der Waals surface area contributed by atoms with E-state index >= 15 is 0 Å². The number of alkyl carbamates (subject to hydrolysis) is 1. The van der Waals surface area contributed by atoms with Crippen LogP contribution in [0.3, 0.4) is 0 Å². The average molecular weight is 347 g/mol. The standard InChI is InChI=1S/C18H21NO4S/c1-11-9-14(24-15(11)16(20)21)13-8-6-5-7-12(13)10-19-17(22)23-18(2,3)4/h7-9,11,15H,10H2,1-4H3,(H,19,22)(H,20,21). The van der Waals surface area contributed by atoms with Crippen LogP contribution >= 0.6 is 11.8 Å². The Morgan fingerprint density at radius 2 is 2.00 bits per heavy atom. The van der Waals surface area contributed by atoms with Crippen LogP contribution in [0.1, 0.15) is 27.7 Å². The second kappa shape index (κ2) is 7.18. The highest BCUT2D eigenvalue weighted by Crippen LogP contribution is 2.42. The van der Waals surface area contributed by atoms with Gasteiger partial charge in [0.25, 0.3) is 0 Å². The molecule has 0 radical (unpaired) electrons. The summed E-state index contributed by atoms with van der Waals surface area (Å²) < 4.78 is 5.22. The van der Waals surface area contributed by atoms with Crippen LogP contribution in [0.5, 0.6) is 0 Å². The quantitative estimate of drug-likeness (QED) is 0.762. The highest BCUT2D eigenvalue weighted by molar-refractivity contribution is 8.04. The summed E-state index contributed by atoms with van der Waals surface area (Å²) in [5, 5.41) is 11.5. The molecule has 1 heterocycles. The number of carboxylic acids is 1. The van der Waals surface area contributed by atoms with Crippen LogP contribution in [0.2, 0.25) is 0 Å². The zero-order valence-corrected chi connectivity index (χ0v) is 15.0. The van der Waals surface area contributed by atoms with Crippen LogP contribution in [0.25, 0.3) is 0 Å². The van der Waals surface area contributed by atoms with E-state index in [0.29, 0.717) is 0 Å². The van der Waals surface area contributed by atoms with E-state index in [2.05, 4.69) is 16.8 Å².